The largest absolute Gasteiger partial charge is 0.492 e. The van der Waals surface area contributed by atoms with Crippen LogP contribution in [0.3, 0.4) is 0 Å². The van der Waals surface area contributed by atoms with Crippen LogP contribution in [-0.2, 0) is 17.9 Å². The van der Waals surface area contributed by atoms with Gasteiger partial charge in [-0.15, -0.1) is 0 Å². The highest BCUT2D eigenvalue weighted by Gasteiger charge is 2.28. The number of amides is 1. The van der Waals surface area contributed by atoms with Gasteiger partial charge < -0.3 is 18.6 Å². The summed E-state index contributed by atoms with van der Waals surface area (Å²) in [6.07, 6.45) is 8.24. The maximum atomic E-state index is 12.3. The van der Waals surface area contributed by atoms with Crippen molar-refractivity contribution in [3.8, 4) is 23.1 Å². The van der Waals surface area contributed by atoms with Gasteiger partial charge in [0.1, 0.15) is 25.0 Å². The molecule has 2 aromatic heterocycles. The average molecular weight is 532 g/mol. The second-order valence-electron chi connectivity index (χ2n) is 9.88. The molecule has 200 valence electrons. The minimum atomic E-state index is -0.515. The van der Waals surface area contributed by atoms with Crippen LogP contribution < -0.4 is 10.1 Å². The van der Waals surface area contributed by atoms with E-state index < -0.39 is 6.09 Å². The lowest BCUT2D eigenvalue weighted by Gasteiger charge is -2.30. The van der Waals surface area contributed by atoms with E-state index in [4.69, 9.17) is 9.47 Å². The number of aromatic nitrogens is 3. The normalized spacial score (nSPS) is 13.0. The Morgan fingerprint density at radius 2 is 1.90 bits per heavy atom. The Labute approximate surface area is 232 Å². The zero-order valence-corrected chi connectivity index (χ0v) is 22.0. The van der Waals surface area contributed by atoms with Crippen molar-refractivity contribution in [2.45, 2.75) is 38.5 Å². The fourth-order valence-corrected chi connectivity index (χ4v) is 5.08. The summed E-state index contributed by atoms with van der Waals surface area (Å²) in [6, 6.07) is 25.9. The molecule has 1 aliphatic carbocycles. The Bertz CT molecular complexity index is 1650. The molecule has 0 saturated heterocycles. The summed E-state index contributed by atoms with van der Waals surface area (Å²) in [4.78, 5) is 16.4. The van der Waals surface area contributed by atoms with Crippen molar-refractivity contribution in [1.82, 2.24) is 14.1 Å². The van der Waals surface area contributed by atoms with Crippen LogP contribution in [0, 0.1) is 11.3 Å². The third kappa shape index (κ3) is 5.27. The van der Waals surface area contributed by atoms with Gasteiger partial charge in [-0.25, -0.2) is 9.78 Å². The summed E-state index contributed by atoms with van der Waals surface area (Å²) >= 11 is 0. The van der Waals surface area contributed by atoms with Gasteiger partial charge in [0, 0.05) is 29.5 Å². The van der Waals surface area contributed by atoms with Gasteiger partial charge in [-0.2, -0.15) is 5.26 Å². The van der Waals surface area contributed by atoms with Gasteiger partial charge in [0.15, 0.2) is 0 Å². The zero-order valence-electron chi connectivity index (χ0n) is 22.0. The van der Waals surface area contributed by atoms with Gasteiger partial charge in [-0.05, 0) is 60.7 Å². The number of ether oxygens (including phenoxy) is 2. The molecule has 6 rings (SSSR count). The highest BCUT2D eigenvalue weighted by molar-refractivity contribution is 5.96. The molecule has 40 heavy (non-hydrogen) atoms. The van der Waals surface area contributed by atoms with Crippen molar-refractivity contribution in [1.29, 1.82) is 5.26 Å². The van der Waals surface area contributed by atoms with Crippen molar-refractivity contribution in [3.05, 3.63) is 103 Å². The van der Waals surface area contributed by atoms with E-state index in [1.165, 1.54) is 6.42 Å². The van der Waals surface area contributed by atoms with E-state index in [1.807, 2.05) is 77.5 Å². The lowest BCUT2D eigenvalue weighted by Crippen LogP contribution is -2.18. The fraction of sp³-hybridized carbons (Fsp3) is 0.219. The SMILES string of the molecule is N#Cc1c(-c2ccc(NC(=O)OCc3ccccc3)cc2)n(C2CCC2)c2ccc(OCCn3ccnc3)cc12. The highest BCUT2D eigenvalue weighted by Crippen LogP contribution is 2.43. The number of hydrogen-bond donors (Lipinski definition) is 1. The van der Waals surface area contributed by atoms with Crippen LogP contribution >= 0.6 is 0 Å². The molecule has 1 fully saturated rings. The molecule has 5 aromatic rings. The Morgan fingerprint density at radius 1 is 1.07 bits per heavy atom. The molecule has 1 amide bonds. The molecule has 2 heterocycles. The molecule has 0 aliphatic heterocycles. The predicted molar refractivity (Wildman–Crippen MR) is 153 cm³/mol. The first-order valence-electron chi connectivity index (χ1n) is 13.4. The Morgan fingerprint density at radius 3 is 2.60 bits per heavy atom. The third-order valence-electron chi connectivity index (χ3n) is 7.32. The summed E-state index contributed by atoms with van der Waals surface area (Å²) in [5.74, 6) is 0.731. The van der Waals surface area contributed by atoms with Crippen molar-refractivity contribution in [2.24, 2.45) is 0 Å². The molecule has 0 atom stereocenters. The van der Waals surface area contributed by atoms with Crippen LogP contribution in [0.5, 0.6) is 5.75 Å². The van der Waals surface area contributed by atoms with Crippen molar-refractivity contribution >= 4 is 22.7 Å². The van der Waals surface area contributed by atoms with Gasteiger partial charge in [0.2, 0.25) is 0 Å². The summed E-state index contributed by atoms with van der Waals surface area (Å²) < 4.78 is 15.6. The first kappa shape index (κ1) is 25.3. The molecule has 1 aliphatic rings. The smallest absolute Gasteiger partial charge is 0.411 e. The first-order valence-corrected chi connectivity index (χ1v) is 13.4. The number of rotatable bonds is 9. The molecular formula is C32H29N5O3. The maximum absolute atomic E-state index is 12.3. The lowest BCUT2D eigenvalue weighted by molar-refractivity contribution is 0.155. The Balaban J connectivity index is 1.24. The van der Waals surface area contributed by atoms with Crippen LogP contribution in [0.1, 0.15) is 36.4 Å². The number of hydrogen-bond acceptors (Lipinski definition) is 5. The molecule has 8 nitrogen and oxygen atoms in total. The number of fused-ring (bicyclic) bond motifs is 1. The lowest BCUT2D eigenvalue weighted by atomic mass is 9.92. The van der Waals surface area contributed by atoms with Crippen LogP contribution in [-0.4, -0.2) is 26.8 Å². The van der Waals surface area contributed by atoms with Crippen LogP contribution in [0.4, 0.5) is 10.5 Å². The maximum Gasteiger partial charge on any atom is 0.411 e. The monoisotopic (exact) mass is 531 g/mol. The molecule has 8 heteroatoms. The third-order valence-corrected chi connectivity index (χ3v) is 7.32. The highest BCUT2D eigenvalue weighted by atomic mass is 16.5. The topological polar surface area (TPSA) is 94.1 Å². The molecule has 3 aromatic carbocycles. The molecule has 0 radical (unpaired) electrons. The van der Waals surface area contributed by atoms with Gasteiger partial charge in [0.05, 0.1) is 29.6 Å². The number of carbonyl (C=O) groups is 1. The predicted octanol–water partition coefficient (Wildman–Crippen LogP) is 6.93. The number of nitrogens with one attached hydrogen (secondary N) is 1. The molecule has 1 saturated carbocycles. The second kappa shape index (κ2) is 11.4. The van der Waals surface area contributed by atoms with Gasteiger partial charge in [-0.3, -0.25) is 5.32 Å². The minimum Gasteiger partial charge on any atom is -0.492 e. The second-order valence-corrected chi connectivity index (χ2v) is 9.88. The molecule has 1 N–H and O–H groups in total. The van der Waals surface area contributed by atoms with Crippen LogP contribution in [0.2, 0.25) is 0 Å². The summed E-state index contributed by atoms with van der Waals surface area (Å²) in [5, 5.41) is 14.0. The molecule has 0 spiro atoms. The van der Waals surface area contributed by atoms with E-state index in [9.17, 15) is 10.1 Å². The van der Waals surface area contributed by atoms with Gasteiger partial charge in [0.25, 0.3) is 0 Å². The fourth-order valence-electron chi connectivity index (χ4n) is 5.08. The van der Waals surface area contributed by atoms with Crippen molar-refractivity contribution < 1.29 is 14.3 Å². The molecule has 0 bridgehead atoms. The minimum absolute atomic E-state index is 0.201. The number of imidazole rings is 1. The molecule has 0 unspecified atom stereocenters. The average Bonchev–Trinajstić information content (AvgIpc) is 3.58. The number of carbonyl (C=O) groups excluding carboxylic acids is 1. The Kier molecular flexibility index (Phi) is 7.18. The number of nitriles is 1. The first-order chi connectivity index (χ1) is 19.7. The van der Waals surface area contributed by atoms with Crippen molar-refractivity contribution in [2.75, 3.05) is 11.9 Å². The van der Waals surface area contributed by atoms with E-state index >= 15 is 0 Å². The number of nitrogens with zero attached hydrogens (tertiary/aromatic N) is 4. The van der Waals surface area contributed by atoms with E-state index in [0.29, 0.717) is 30.4 Å². The number of anilines is 1. The van der Waals surface area contributed by atoms with E-state index in [1.54, 1.807) is 12.5 Å². The van der Waals surface area contributed by atoms with Crippen LogP contribution in [0.25, 0.3) is 22.2 Å². The Hall–Kier alpha value is -5.03. The van der Waals surface area contributed by atoms with E-state index in [-0.39, 0.29) is 6.61 Å². The number of benzene rings is 3. The standard InChI is InChI=1S/C32H29N5O3/c33-20-29-28-19-27(39-18-17-36-16-15-34-22-36)13-14-30(28)37(26-7-4-8-26)31(29)24-9-11-25(12-10-24)35-32(38)40-21-23-5-2-1-3-6-23/h1-3,5-6,9-16,19,22,26H,4,7-8,17-18,21H2,(H,35,38). The van der Waals surface area contributed by atoms with Crippen LogP contribution in [0.15, 0.2) is 91.5 Å². The van der Waals surface area contributed by atoms with E-state index in [0.717, 1.165) is 46.3 Å². The zero-order chi connectivity index (χ0) is 27.3. The van der Waals surface area contributed by atoms with Gasteiger partial charge in [-0.1, -0.05) is 42.5 Å². The molecular weight excluding hydrogens is 502 g/mol. The van der Waals surface area contributed by atoms with Crippen molar-refractivity contribution in [3.63, 3.8) is 0 Å². The summed E-state index contributed by atoms with van der Waals surface area (Å²) in [6.45, 7) is 1.40. The van der Waals surface area contributed by atoms with Gasteiger partial charge >= 0.3 is 6.09 Å². The summed E-state index contributed by atoms with van der Waals surface area (Å²) in [5.41, 5.74) is 5.03. The quantitative estimate of drug-likeness (QED) is 0.223. The summed E-state index contributed by atoms with van der Waals surface area (Å²) in [7, 11) is 0. The van der Waals surface area contributed by atoms with E-state index in [2.05, 4.69) is 27.0 Å².